The molecule has 0 amide bonds. The van der Waals surface area contributed by atoms with Gasteiger partial charge in [0.25, 0.3) is 0 Å². The van der Waals surface area contributed by atoms with Crippen LogP contribution >= 0.6 is 0 Å². The van der Waals surface area contributed by atoms with Crippen LogP contribution in [0.1, 0.15) is 75.0 Å². The highest BCUT2D eigenvalue weighted by molar-refractivity contribution is 6.31. The quantitative estimate of drug-likeness (QED) is 0.648. The molecule has 5 heteroatoms. The lowest BCUT2D eigenvalue weighted by Crippen LogP contribution is -2.32. The Morgan fingerprint density at radius 2 is 1.90 bits per heavy atom. The number of benzene rings is 2. The van der Waals surface area contributed by atoms with E-state index in [1.54, 1.807) is 6.07 Å². The van der Waals surface area contributed by atoms with Crippen LogP contribution in [0.3, 0.4) is 0 Å². The van der Waals surface area contributed by atoms with Crippen molar-refractivity contribution >= 4 is 17.3 Å². The first-order chi connectivity index (χ1) is 14.4. The van der Waals surface area contributed by atoms with Crippen molar-refractivity contribution in [2.24, 2.45) is 0 Å². The van der Waals surface area contributed by atoms with Crippen LogP contribution in [-0.2, 0) is 6.42 Å². The minimum Gasteiger partial charge on any atom is -0.507 e. The first kappa shape index (κ1) is 19.8. The van der Waals surface area contributed by atoms with E-state index < -0.39 is 11.9 Å². The maximum atomic E-state index is 13.4. The number of aromatic hydroxyl groups is 1. The standard InChI is InChI=1S/C25H22O5/c1-4-6-8-13(3)19-12-18(27)20-14(5-2)11-16-22(25(20)30-19)24(29)21-15(23(16)28)9-7-10-17(21)26/h4,6-11,19,26H,5,12H2,1-3H3/b6-4?,13-8-. The molecule has 2 aromatic rings. The molecular formula is C25H22O5. The molecule has 5 nitrogen and oxygen atoms in total. The van der Waals surface area contributed by atoms with Gasteiger partial charge in [-0.1, -0.05) is 37.3 Å². The summed E-state index contributed by atoms with van der Waals surface area (Å²) in [4.78, 5) is 39.6. The summed E-state index contributed by atoms with van der Waals surface area (Å²) in [5.74, 6) is -1.07. The molecule has 0 bridgehead atoms. The fraction of sp³-hybridized carbons (Fsp3) is 0.240. The second-order valence-electron chi connectivity index (χ2n) is 7.54. The summed E-state index contributed by atoms with van der Waals surface area (Å²) in [5.41, 5.74) is 2.31. The molecule has 1 atom stereocenters. The number of carbonyl (C=O) groups excluding carboxylic acids is 3. The van der Waals surface area contributed by atoms with E-state index >= 15 is 0 Å². The number of rotatable bonds is 3. The van der Waals surface area contributed by atoms with Gasteiger partial charge in [0.15, 0.2) is 11.6 Å². The van der Waals surface area contributed by atoms with Crippen LogP contribution in [0, 0.1) is 0 Å². The SMILES string of the molecule is CC=C/C=C(/C)C1CC(=O)c2c(CC)cc3c(c2O1)C(=O)c1c(O)cccc1C3=O. The maximum absolute atomic E-state index is 13.4. The number of phenolic OH excluding ortho intramolecular Hbond substituents is 1. The highest BCUT2D eigenvalue weighted by Gasteiger charge is 2.40. The van der Waals surface area contributed by atoms with E-state index in [-0.39, 0.29) is 51.7 Å². The highest BCUT2D eigenvalue weighted by atomic mass is 16.5. The summed E-state index contributed by atoms with van der Waals surface area (Å²) in [7, 11) is 0. The molecule has 2 aromatic carbocycles. The number of ether oxygens (including phenoxy) is 1. The Balaban J connectivity index is 1.97. The van der Waals surface area contributed by atoms with Crippen LogP contribution in [0.25, 0.3) is 0 Å². The number of allylic oxidation sites excluding steroid dienone is 3. The van der Waals surface area contributed by atoms with Gasteiger partial charge in [-0.25, -0.2) is 0 Å². The second-order valence-corrected chi connectivity index (χ2v) is 7.54. The van der Waals surface area contributed by atoms with Crippen molar-refractivity contribution in [2.45, 2.75) is 39.7 Å². The fourth-order valence-corrected chi connectivity index (χ4v) is 4.12. The molecule has 0 radical (unpaired) electrons. The molecule has 2 aliphatic rings. The molecule has 152 valence electrons. The summed E-state index contributed by atoms with van der Waals surface area (Å²) in [5, 5.41) is 10.3. The minimum absolute atomic E-state index is 0.0409. The Morgan fingerprint density at radius 1 is 1.13 bits per heavy atom. The molecule has 1 aliphatic heterocycles. The first-order valence-corrected chi connectivity index (χ1v) is 9.99. The van der Waals surface area contributed by atoms with Crippen LogP contribution in [0.2, 0.25) is 0 Å². The molecule has 0 fully saturated rings. The molecule has 4 rings (SSSR count). The fourth-order valence-electron chi connectivity index (χ4n) is 4.12. The Morgan fingerprint density at radius 3 is 2.60 bits per heavy atom. The molecule has 1 N–H and O–H groups in total. The van der Waals surface area contributed by atoms with Crippen molar-refractivity contribution in [1.82, 2.24) is 0 Å². The topological polar surface area (TPSA) is 80.7 Å². The van der Waals surface area contributed by atoms with Gasteiger partial charge in [0.05, 0.1) is 23.1 Å². The van der Waals surface area contributed by atoms with E-state index in [0.29, 0.717) is 17.5 Å². The molecule has 0 spiro atoms. The number of Topliss-reactive ketones (excluding diaryl/α,β-unsaturated/α-hetero) is 1. The zero-order chi connectivity index (χ0) is 21.6. The lowest BCUT2D eigenvalue weighted by molar-refractivity contribution is 0.0874. The normalized spacial score (nSPS) is 18.2. The number of hydrogen-bond donors (Lipinski definition) is 1. The predicted molar refractivity (Wildman–Crippen MR) is 113 cm³/mol. The smallest absolute Gasteiger partial charge is 0.202 e. The number of carbonyl (C=O) groups is 3. The average Bonchev–Trinajstić information content (AvgIpc) is 2.74. The van der Waals surface area contributed by atoms with E-state index in [2.05, 4.69) is 0 Å². The van der Waals surface area contributed by atoms with Gasteiger partial charge in [-0.05, 0) is 43.5 Å². The predicted octanol–water partition coefficient (Wildman–Crippen LogP) is 4.59. The van der Waals surface area contributed by atoms with Gasteiger partial charge in [-0.3, -0.25) is 14.4 Å². The van der Waals surface area contributed by atoms with Crippen molar-refractivity contribution in [2.75, 3.05) is 0 Å². The molecule has 0 saturated heterocycles. The second kappa shape index (κ2) is 7.41. The third kappa shape index (κ3) is 2.89. The molecule has 30 heavy (non-hydrogen) atoms. The number of aryl methyl sites for hydroxylation is 1. The van der Waals surface area contributed by atoms with Gasteiger partial charge in [-0.15, -0.1) is 0 Å². The average molecular weight is 402 g/mol. The number of fused-ring (bicyclic) bond motifs is 4. The Kier molecular flexibility index (Phi) is 4.90. The first-order valence-electron chi connectivity index (χ1n) is 9.99. The number of ketones is 3. The van der Waals surface area contributed by atoms with E-state index in [0.717, 1.165) is 5.57 Å². The van der Waals surface area contributed by atoms with Gasteiger partial charge in [-0.2, -0.15) is 0 Å². The molecule has 1 heterocycles. The zero-order valence-electron chi connectivity index (χ0n) is 17.1. The van der Waals surface area contributed by atoms with Crippen molar-refractivity contribution < 1.29 is 24.2 Å². The zero-order valence-corrected chi connectivity index (χ0v) is 17.1. The molecule has 1 unspecified atom stereocenters. The van der Waals surface area contributed by atoms with Crippen molar-refractivity contribution in [3.8, 4) is 11.5 Å². The van der Waals surface area contributed by atoms with Gasteiger partial charge in [0, 0.05) is 11.1 Å². The van der Waals surface area contributed by atoms with E-state index in [1.807, 2.05) is 39.0 Å². The minimum atomic E-state index is -0.522. The van der Waals surface area contributed by atoms with Gasteiger partial charge >= 0.3 is 0 Å². The maximum Gasteiger partial charge on any atom is 0.202 e. The molecule has 0 aromatic heterocycles. The van der Waals surface area contributed by atoms with Gasteiger partial charge < -0.3 is 9.84 Å². The summed E-state index contributed by atoms with van der Waals surface area (Å²) >= 11 is 0. The Hall–Kier alpha value is -3.47. The highest BCUT2D eigenvalue weighted by Crippen LogP contribution is 2.43. The lowest BCUT2D eigenvalue weighted by atomic mass is 9.79. The molecular weight excluding hydrogens is 380 g/mol. The Bertz CT molecular complexity index is 1170. The van der Waals surface area contributed by atoms with Crippen LogP contribution < -0.4 is 4.74 Å². The summed E-state index contributed by atoms with van der Waals surface area (Å²) in [6.45, 7) is 5.66. The van der Waals surface area contributed by atoms with Crippen LogP contribution in [0.15, 0.2) is 48.1 Å². The molecule has 1 aliphatic carbocycles. The lowest BCUT2D eigenvalue weighted by Gasteiger charge is -2.31. The van der Waals surface area contributed by atoms with Crippen LogP contribution in [0.4, 0.5) is 0 Å². The van der Waals surface area contributed by atoms with Crippen molar-refractivity contribution in [3.63, 3.8) is 0 Å². The monoisotopic (exact) mass is 402 g/mol. The van der Waals surface area contributed by atoms with Crippen molar-refractivity contribution in [3.05, 3.63) is 81.4 Å². The summed E-state index contributed by atoms with van der Waals surface area (Å²) < 4.78 is 6.20. The number of hydrogen-bond acceptors (Lipinski definition) is 5. The third-order valence-electron chi connectivity index (χ3n) is 5.70. The largest absolute Gasteiger partial charge is 0.507 e. The van der Waals surface area contributed by atoms with E-state index in [9.17, 15) is 19.5 Å². The van der Waals surface area contributed by atoms with Gasteiger partial charge in [0.2, 0.25) is 5.78 Å². The third-order valence-corrected chi connectivity index (χ3v) is 5.70. The van der Waals surface area contributed by atoms with E-state index in [4.69, 9.17) is 4.74 Å². The van der Waals surface area contributed by atoms with Gasteiger partial charge in [0.1, 0.15) is 17.6 Å². The number of phenols is 1. The molecule has 0 saturated carbocycles. The van der Waals surface area contributed by atoms with Crippen molar-refractivity contribution in [1.29, 1.82) is 0 Å². The van der Waals surface area contributed by atoms with Crippen LogP contribution in [0.5, 0.6) is 11.5 Å². The Labute approximate surface area is 174 Å². The summed E-state index contributed by atoms with van der Waals surface area (Å²) in [6, 6.07) is 6.07. The summed E-state index contributed by atoms with van der Waals surface area (Å²) in [6.07, 6.45) is 5.78. The van der Waals surface area contributed by atoms with Crippen LogP contribution in [-0.4, -0.2) is 28.6 Å². The van der Waals surface area contributed by atoms with E-state index in [1.165, 1.54) is 18.2 Å².